The van der Waals surface area contributed by atoms with Crippen molar-refractivity contribution in [2.75, 3.05) is 6.54 Å². The number of hydrogen-bond donors (Lipinski definition) is 1. The number of carbonyl (C=O) groups excluding carboxylic acids is 1. The molecule has 0 radical (unpaired) electrons. The van der Waals surface area contributed by atoms with Crippen molar-refractivity contribution in [2.45, 2.75) is 13.5 Å². The number of amides is 1. The second kappa shape index (κ2) is 5.69. The van der Waals surface area contributed by atoms with Crippen LogP contribution in [0.2, 0.25) is 0 Å². The van der Waals surface area contributed by atoms with Crippen molar-refractivity contribution >= 4 is 17.2 Å². The third kappa shape index (κ3) is 2.90. The molecule has 0 spiro atoms. The summed E-state index contributed by atoms with van der Waals surface area (Å²) >= 11 is 1.65. The molecule has 0 fully saturated rings. The summed E-state index contributed by atoms with van der Waals surface area (Å²) in [6, 6.07) is 10.4. The number of aromatic hydroxyl groups is 1. The fraction of sp³-hybridized carbons (Fsp3) is 0.214. The summed E-state index contributed by atoms with van der Waals surface area (Å²) in [6.07, 6.45) is 0. The maximum absolute atomic E-state index is 12.3. The van der Waals surface area contributed by atoms with E-state index in [4.69, 9.17) is 0 Å². The largest absolute Gasteiger partial charge is 0.508 e. The van der Waals surface area contributed by atoms with Crippen molar-refractivity contribution in [3.8, 4) is 5.75 Å². The van der Waals surface area contributed by atoms with Crippen LogP contribution in [0.5, 0.6) is 5.75 Å². The molecule has 4 heteroatoms. The highest BCUT2D eigenvalue weighted by molar-refractivity contribution is 7.09. The second-order valence-corrected chi connectivity index (χ2v) is 4.98. The van der Waals surface area contributed by atoms with Crippen molar-refractivity contribution in [3.63, 3.8) is 0 Å². The number of rotatable bonds is 4. The van der Waals surface area contributed by atoms with E-state index in [2.05, 4.69) is 0 Å². The lowest BCUT2D eigenvalue weighted by Crippen LogP contribution is -2.29. The van der Waals surface area contributed by atoms with Gasteiger partial charge in [-0.2, -0.15) is 0 Å². The molecular weight excluding hydrogens is 246 g/mol. The average Bonchev–Trinajstić information content (AvgIpc) is 2.89. The first-order valence-electron chi connectivity index (χ1n) is 5.81. The minimum atomic E-state index is -0.00843. The second-order valence-electron chi connectivity index (χ2n) is 3.95. The molecule has 2 aromatic rings. The van der Waals surface area contributed by atoms with Gasteiger partial charge in [0.2, 0.25) is 0 Å². The molecule has 0 saturated carbocycles. The van der Waals surface area contributed by atoms with E-state index in [1.165, 1.54) is 17.0 Å². The number of benzene rings is 1. The normalized spacial score (nSPS) is 10.3. The summed E-state index contributed by atoms with van der Waals surface area (Å²) in [5, 5.41) is 11.2. The lowest BCUT2D eigenvalue weighted by Gasteiger charge is -2.20. The van der Waals surface area contributed by atoms with Crippen molar-refractivity contribution in [3.05, 3.63) is 52.2 Å². The maximum atomic E-state index is 12.3. The SMILES string of the molecule is CCN(Cc1cccs1)C(=O)c1ccc(O)cc1. The molecule has 1 heterocycles. The van der Waals surface area contributed by atoms with Gasteiger partial charge in [0.1, 0.15) is 5.75 Å². The average molecular weight is 261 g/mol. The minimum absolute atomic E-state index is 0.00843. The van der Waals surface area contributed by atoms with E-state index in [0.29, 0.717) is 18.7 Å². The van der Waals surface area contributed by atoms with Crippen LogP contribution < -0.4 is 0 Å². The Balaban J connectivity index is 2.12. The molecule has 0 atom stereocenters. The molecular formula is C14H15NO2S. The van der Waals surface area contributed by atoms with Crippen LogP contribution in [0, 0.1) is 0 Å². The lowest BCUT2D eigenvalue weighted by molar-refractivity contribution is 0.0754. The van der Waals surface area contributed by atoms with Crippen LogP contribution in [0.4, 0.5) is 0 Å². The lowest BCUT2D eigenvalue weighted by atomic mass is 10.2. The van der Waals surface area contributed by atoms with Gasteiger partial charge in [-0.25, -0.2) is 0 Å². The molecule has 0 aliphatic heterocycles. The van der Waals surface area contributed by atoms with Gasteiger partial charge >= 0.3 is 0 Å². The Bertz CT molecular complexity index is 505. The Morgan fingerprint density at radius 1 is 1.28 bits per heavy atom. The molecule has 1 amide bonds. The molecule has 0 unspecified atom stereocenters. The topological polar surface area (TPSA) is 40.5 Å². The van der Waals surface area contributed by atoms with Gasteiger partial charge in [-0.05, 0) is 42.6 Å². The zero-order chi connectivity index (χ0) is 13.0. The quantitative estimate of drug-likeness (QED) is 0.918. The van der Waals surface area contributed by atoms with Crippen molar-refractivity contribution < 1.29 is 9.90 Å². The third-order valence-corrected chi connectivity index (χ3v) is 3.57. The fourth-order valence-electron chi connectivity index (χ4n) is 1.70. The van der Waals surface area contributed by atoms with E-state index in [0.717, 1.165) is 0 Å². The van der Waals surface area contributed by atoms with Crippen LogP contribution in [0.15, 0.2) is 41.8 Å². The van der Waals surface area contributed by atoms with E-state index in [1.54, 1.807) is 28.4 Å². The Hall–Kier alpha value is -1.81. The standard InChI is InChI=1S/C14H15NO2S/c1-2-15(10-13-4-3-9-18-13)14(17)11-5-7-12(16)8-6-11/h3-9,16H,2,10H2,1H3. The number of carbonyl (C=O) groups is 1. The van der Waals surface area contributed by atoms with E-state index in [-0.39, 0.29) is 11.7 Å². The Kier molecular flexibility index (Phi) is 3.99. The highest BCUT2D eigenvalue weighted by atomic mass is 32.1. The highest BCUT2D eigenvalue weighted by Crippen LogP contribution is 2.16. The predicted molar refractivity (Wildman–Crippen MR) is 72.8 cm³/mol. The molecule has 0 aliphatic rings. The van der Waals surface area contributed by atoms with Gasteiger partial charge in [0, 0.05) is 17.0 Å². The first-order chi connectivity index (χ1) is 8.70. The Morgan fingerprint density at radius 3 is 2.56 bits per heavy atom. The van der Waals surface area contributed by atoms with Gasteiger partial charge in [0.05, 0.1) is 6.54 Å². The van der Waals surface area contributed by atoms with Crippen molar-refractivity contribution in [1.29, 1.82) is 0 Å². The highest BCUT2D eigenvalue weighted by Gasteiger charge is 2.14. The molecule has 1 aromatic heterocycles. The number of thiophene rings is 1. The smallest absolute Gasteiger partial charge is 0.254 e. The van der Waals surface area contributed by atoms with Crippen molar-refractivity contribution in [2.24, 2.45) is 0 Å². The van der Waals surface area contributed by atoms with Crippen LogP contribution in [0.1, 0.15) is 22.2 Å². The third-order valence-electron chi connectivity index (χ3n) is 2.71. The zero-order valence-electron chi connectivity index (χ0n) is 10.2. The van der Waals surface area contributed by atoms with E-state index in [9.17, 15) is 9.90 Å². The molecule has 94 valence electrons. The molecule has 0 saturated heterocycles. The van der Waals surface area contributed by atoms with E-state index in [1.807, 2.05) is 24.4 Å². The van der Waals surface area contributed by atoms with E-state index >= 15 is 0 Å². The Labute approximate surface area is 110 Å². The van der Waals surface area contributed by atoms with Gasteiger partial charge in [-0.3, -0.25) is 4.79 Å². The van der Waals surface area contributed by atoms with Gasteiger partial charge in [-0.15, -0.1) is 11.3 Å². The molecule has 0 aliphatic carbocycles. The first-order valence-corrected chi connectivity index (χ1v) is 6.69. The fourth-order valence-corrected chi connectivity index (χ4v) is 2.42. The molecule has 1 N–H and O–H groups in total. The van der Waals surface area contributed by atoms with Gasteiger partial charge in [0.15, 0.2) is 0 Å². The Morgan fingerprint density at radius 2 is 2.00 bits per heavy atom. The maximum Gasteiger partial charge on any atom is 0.254 e. The molecule has 2 rings (SSSR count). The molecule has 18 heavy (non-hydrogen) atoms. The summed E-state index contributed by atoms with van der Waals surface area (Å²) < 4.78 is 0. The number of hydrogen-bond acceptors (Lipinski definition) is 3. The van der Waals surface area contributed by atoms with E-state index < -0.39 is 0 Å². The van der Waals surface area contributed by atoms with Crippen LogP contribution in [0.25, 0.3) is 0 Å². The molecule has 1 aromatic carbocycles. The number of phenolic OH excluding ortho intramolecular Hbond substituents is 1. The van der Waals surface area contributed by atoms with Gasteiger partial charge in [0.25, 0.3) is 5.91 Å². The number of nitrogens with zero attached hydrogens (tertiary/aromatic N) is 1. The summed E-state index contributed by atoms with van der Waals surface area (Å²) in [4.78, 5) is 15.2. The monoisotopic (exact) mass is 261 g/mol. The van der Waals surface area contributed by atoms with Gasteiger partial charge in [-0.1, -0.05) is 6.07 Å². The summed E-state index contributed by atoms with van der Waals surface area (Å²) in [5.41, 5.74) is 0.603. The summed E-state index contributed by atoms with van der Waals surface area (Å²) in [7, 11) is 0. The minimum Gasteiger partial charge on any atom is -0.508 e. The summed E-state index contributed by atoms with van der Waals surface area (Å²) in [6.45, 7) is 3.26. The molecule has 0 bridgehead atoms. The van der Waals surface area contributed by atoms with Crippen LogP contribution >= 0.6 is 11.3 Å². The summed E-state index contributed by atoms with van der Waals surface area (Å²) in [5.74, 6) is 0.166. The van der Waals surface area contributed by atoms with Gasteiger partial charge < -0.3 is 10.0 Å². The van der Waals surface area contributed by atoms with Crippen LogP contribution in [-0.2, 0) is 6.54 Å². The first kappa shape index (κ1) is 12.6. The van der Waals surface area contributed by atoms with Crippen molar-refractivity contribution in [1.82, 2.24) is 4.90 Å². The van der Waals surface area contributed by atoms with Crippen LogP contribution in [0.3, 0.4) is 0 Å². The predicted octanol–water partition coefficient (Wildman–Crippen LogP) is 3.12. The molecule has 3 nitrogen and oxygen atoms in total. The van der Waals surface area contributed by atoms with Crippen LogP contribution in [-0.4, -0.2) is 22.5 Å². The zero-order valence-corrected chi connectivity index (χ0v) is 11.0. The number of phenols is 1.